The summed E-state index contributed by atoms with van der Waals surface area (Å²) in [4.78, 5) is 39.5. The zero-order valence-electron chi connectivity index (χ0n) is 17.7. The van der Waals surface area contributed by atoms with Crippen molar-refractivity contribution in [2.45, 2.75) is 51.3 Å². The van der Waals surface area contributed by atoms with Crippen LogP contribution < -0.4 is 5.32 Å². The van der Waals surface area contributed by atoms with Crippen molar-refractivity contribution in [1.82, 2.24) is 0 Å². The van der Waals surface area contributed by atoms with Crippen LogP contribution in [0.2, 0.25) is 0 Å². The Morgan fingerprint density at radius 2 is 1.28 bits per heavy atom. The predicted molar refractivity (Wildman–Crippen MR) is 121 cm³/mol. The van der Waals surface area contributed by atoms with Crippen LogP contribution in [-0.4, -0.2) is 16.1 Å². The van der Waals surface area contributed by atoms with Gasteiger partial charge in [0, 0.05) is 26.3 Å². The quantitative estimate of drug-likeness (QED) is 0.580. The summed E-state index contributed by atoms with van der Waals surface area (Å²) in [5.74, 6) is -0.314. The largest absolute Gasteiger partial charge is 0.322 e. The van der Waals surface area contributed by atoms with Crippen LogP contribution in [0.3, 0.4) is 0 Å². The van der Waals surface area contributed by atoms with Crippen LogP contribution in [0.5, 0.6) is 0 Å². The maximum absolute atomic E-state index is 13.0. The van der Waals surface area contributed by atoms with Gasteiger partial charge in [-0.25, -0.2) is 0 Å². The molecule has 6 heteroatoms. The van der Waals surface area contributed by atoms with Gasteiger partial charge in [-0.2, -0.15) is 0 Å². The van der Waals surface area contributed by atoms with E-state index in [9.17, 15) is 14.4 Å². The van der Waals surface area contributed by atoms with Crippen LogP contribution >= 0.6 is 23.5 Å². The third-order valence-corrected chi connectivity index (χ3v) is 6.81. The topological polar surface area (TPSA) is 63.2 Å². The maximum atomic E-state index is 13.0. The molecule has 1 amide bonds. The summed E-state index contributed by atoms with van der Waals surface area (Å²) in [6, 6.07) is 14.3. The minimum Gasteiger partial charge on any atom is -0.322 e. The van der Waals surface area contributed by atoms with Gasteiger partial charge in [0.05, 0.1) is 5.56 Å². The minimum atomic E-state index is -0.580. The van der Waals surface area contributed by atoms with Crippen molar-refractivity contribution in [1.29, 1.82) is 0 Å². The second-order valence-electron chi connectivity index (χ2n) is 8.73. The third-order valence-electron chi connectivity index (χ3n) is 3.88. The van der Waals surface area contributed by atoms with E-state index in [2.05, 4.69) is 5.32 Å². The van der Waals surface area contributed by atoms with Gasteiger partial charge in [-0.15, -0.1) is 0 Å². The first-order chi connectivity index (χ1) is 13.4. The smallest absolute Gasteiger partial charge is 0.256 e. The summed E-state index contributed by atoms with van der Waals surface area (Å²) >= 11 is 2.10. The van der Waals surface area contributed by atoms with Gasteiger partial charge in [-0.3, -0.25) is 14.4 Å². The zero-order valence-corrected chi connectivity index (χ0v) is 19.3. The van der Waals surface area contributed by atoms with E-state index < -0.39 is 10.8 Å². The standard InChI is InChI=1S/C23H27NO3S2/c1-22(2,3)20(26)28-17-14-10-13-16(18(17)29-21(27)23(4,5)6)19(25)24-15-11-8-7-9-12-15/h7-14H,1-6H3,(H,24,25). The molecular weight excluding hydrogens is 402 g/mol. The number of para-hydroxylation sites is 1. The van der Waals surface area contributed by atoms with Gasteiger partial charge in [0.2, 0.25) is 0 Å². The second kappa shape index (κ2) is 9.18. The molecule has 0 aliphatic carbocycles. The lowest BCUT2D eigenvalue weighted by atomic mass is 9.99. The van der Waals surface area contributed by atoms with Crippen LogP contribution in [0.4, 0.5) is 5.69 Å². The number of benzene rings is 2. The highest BCUT2D eigenvalue weighted by Gasteiger charge is 2.29. The van der Waals surface area contributed by atoms with Crippen molar-refractivity contribution in [3.63, 3.8) is 0 Å². The molecule has 2 rings (SSSR count). The van der Waals surface area contributed by atoms with E-state index in [0.29, 0.717) is 21.0 Å². The zero-order chi connectivity index (χ0) is 21.8. The van der Waals surface area contributed by atoms with Crippen molar-refractivity contribution >= 4 is 45.3 Å². The maximum Gasteiger partial charge on any atom is 0.256 e. The number of hydrogen-bond donors (Lipinski definition) is 1. The fraction of sp³-hybridized carbons (Fsp3) is 0.348. The fourth-order valence-corrected chi connectivity index (χ4v) is 4.14. The van der Waals surface area contributed by atoms with Crippen LogP contribution in [-0.2, 0) is 9.59 Å². The van der Waals surface area contributed by atoms with Crippen LogP contribution in [0.1, 0.15) is 51.9 Å². The Kier molecular flexibility index (Phi) is 7.35. The molecule has 4 nitrogen and oxygen atoms in total. The Morgan fingerprint density at radius 3 is 1.83 bits per heavy atom. The molecule has 0 saturated heterocycles. The molecule has 2 aromatic carbocycles. The molecule has 0 aromatic heterocycles. The average Bonchev–Trinajstić information content (AvgIpc) is 2.62. The number of thioether (sulfide) groups is 2. The summed E-state index contributed by atoms with van der Waals surface area (Å²) in [6.45, 7) is 11.1. The van der Waals surface area contributed by atoms with E-state index in [1.807, 2.05) is 59.7 Å². The summed E-state index contributed by atoms with van der Waals surface area (Å²) in [5.41, 5.74) is -0.0744. The monoisotopic (exact) mass is 429 g/mol. The van der Waals surface area contributed by atoms with Gasteiger partial charge >= 0.3 is 0 Å². The summed E-state index contributed by atoms with van der Waals surface area (Å²) in [6.07, 6.45) is 0. The molecule has 0 bridgehead atoms. The van der Waals surface area contributed by atoms with Gasteiger partial charge in [-0.05, 0) is 36.0 Å². The van der Waals surface area contributed by atoms with E-state index in [1.165, 1.54) is 0 Å². The lowest BCUT2D eigenvalue weighted by Crippen LogP contribution is -2.19. The molecule has 0 aliphatic rings. The van der Waals surface area contributed by atoms with Gasteiger partial charge in [0.15, 0.2) is 10.2 Å². The van der Waals surface area contributed by atoms with Crippen molar-refractivity contribution in [3.8, 4) is 0 Å². The molecule has 0 atom stereocenters. The van der Waals surface area contributed by atoms with Gasteiger partial charge in [0.1, 0.15) is 0 Å². The Hall–Kier alpha value is -2.05. The SMILES string of the molecule is CC(C)(C)C(=O)Sc1cccc(C(=O)Nc2ccccc2)c1SC(=O)C(C)(C)C. The number of hydrogen-bond acceptors (Lipinski definition) is 5. The van der Waals surface area contributed by atoms with Crippen LogP contribution in [0.15, 0.2) is 58.3 Å². The molecular formula is C23H27NO3S2. The van der Waals surface area contributed by atoms with Crippen LogP contribution in [0.25, 0.3) is 0 Å². The van der Waals surface area contributed by atoms with E-state index in [0.717, 1.165) is 23.5 Å². The first-order valence-electron chi connectivity index (χ1n) is 9.33. The molecule has 154 valence electrons. The molecule has 1 N–H and O–H groups in total. The lowest BCUT2D eigenvalue weighted by molar-refractivity contribution is -0.118. The van der Waals surface area contributed by atoms with E-state index >= 15 is 0 Å². The molecule has 0 radical (unpaired) electrons. The van der Waals surface area contributed by atoms with Gasteiger partial charge in [0.25, 0.3) is 5.91 Å². The number of carbonyl (C=O) groups is 3. The fourth-order valence-electron chi connectivity index (χ4n) is 2.10. The lowest BCUT2D eigenvalue weighted by Gasteiger charge is -2.20. The van der Waals surface area contributed by atoms with E-state index in [-0.39, 0.29) is 16.1 Å². The Balaban J connectivity index is 2.46. The molecule has 0 saturated carbocycles. The summed E-state index contributed by atoms with van der Waals surface area (Å²) in [7, 11) is 0. The summed E-state index contributed by atoms with van der Waals surface area (Å²) < 4.78 is 0. The van der Waals surface area contributed by atoms with Crippen molar-refractivity contribution < 1.29 is 14.4 Å². The predicted octanol–water partition coefficient (Wildman–Crippen LogP) is 6.27. The highest BCUT2D eigenvalue weighted by molar-refractivity contribution is 8.16. The normalized spacial score (nSPS) is 11.8. The highest BCUT2D eigenvalue weighted by atomic mass is 32.2. The van der Waals surface area contributed by atoms with Crippen molar-refractivity contribution in [2.75, 3.05) is 5.32 Å². The first kappa shape index (κ1) is 23.2. The Bertz CT molecular complexity index is 910. The molecule has 0 heterocycles. The molecule has 2 aromatic rings. The van der Waals surface area contributed by atoms with Gasteiger partial charge < -0.3 is 5.32 Å². The van der Waals surface area contributed by atoms with Crippen molar-refractivity contribution in [3.05, 3.63) is 54.1 Å². The number of rotatable bonds is 4. The first-order valence-corrected chi connectivity index (χ1v) is 11.0. The van der Waals surface area contributed by atoms with E-state index in [1.54, 1.807) is 30.3 Å². The minimum absolute atomic E-state index is 0.0248. The average molecular weight is 430 g/mol. The van der Waals surface area contributed by atoms with Crippen LogP contribution in [0, 0.1) is 10.8 Å². The van der Waals surface area contributed by atoms with Gasteiger partial charge in [-0.1, -0.05) is 77.6 Å². The Labute approximate surface area is 181 Å². The Morgan fingerprint density at radius 1 is 0.724 bits per heavy atom. The van der Waals surface area contributed by atoms with Crippen molar-refractivity contribution in [2.24, 2.45) is 10.8 Å². The molecule has 0 fully saturated rings. The molecule has 0 spiro atoms. The number of carbonyl (C=O) groups excluding carboxylic acids is 3. The molecule has 0 unspecified atom stereocenters. The molecule has 0 aliphatic heterocycles. The number of nitrogens with one attached hydrogen (secondary N) is 1. The third kappa shape index (κ3) is 6.47. The number of amides is 1. The number of anilines is 1. The summed E-state index contributed by atoms with van der Waals surface area (Å²) in [5, 5.41) is 2.77. The van der Waals surface area contributed by atoms with E-state index in [4.69, 9.17) is 0 Å². The highest BCUT2D eigenvalue weighted by Crippen LogP contribution is 2.40. The second-order valence-corrected chi connectivity index (χ2v) is 10.7. The molecule has 29 heavy (non-hydrogen) atoms.